The SMILES string of the molecule is Fc1cc([C@H]2CC[C@H]([C@H]3OC[C@H](C4CCCC4)CO3)CC2)ccc1OC(F)(F)F. The van der Waals surface area contributed by atoms with Crippen molar-refractivity contribution in [3.63, 3.8) is 0 Å². The first kappa shape index (κ1) is 20.9. The van der Waals surface area contributed by atoms with E-state index in [1.807, 2.05) is 0 Å². The second-order valence-electron chi connectivity index (χ2n) is 8.69. The molecule has 3 nitrogen and oxygen atoms in total. The molecule has 2 aliphatic carbocycles. The molecule has 162 valence electrons. The van der Waals surface area contributed by atoms with E-state index in [1.165, 1.54) is 37.8 Å². The summed E-state index contributed by atoms with van der Waals surface area (Å²) in [6.07, 6.45) is 3.67. The van der Waals surface area contributed by atoms with Crippen LogP contribution in [0.3, 0.4) is 0 Å². The number of alkyl halides is 3. The Labute approximate surface area is 168 Å². The van der Waals surface area contributed by atoms with Crippen molar-refractivity contribution < 1.29 is 31.8 Å². The summed E-state index contributed by atoms with van der Waals surface area (Å²) < 4.78 is 66.7. The average Bonchev–Trinajstić information content (AvgIpc) is 3.24. The Morgan fingerprint density at radius 2 is 1.48 bits per heavy atom. The summed E-state index contributed by atoms with van der Waals surface area (Å²) in [5, 5.41) is 0. The summed E-state index contributed by atoms with van der Waals surface area (Å²) in [4.78, 5) is 0. The van der Waals surface area contributed by atoms with Gasteiger partial charge in [0.25, 0.3) is 0 Å². The Morgan fingerprint density at radius 1 is 0.828 bits per heavy atom. The lowest BCUT2D eigenvalue weighted by molar-refractivity contribution is -0.275. The van der Waals surface area contributed by atoms with Gasteiger partial charge in [-0.05, 0) is 55.2 Å². The van der Waals surface area contributed by atoms with E-state index in [-0.39, 0.29) is 12.2 Å². The first-order valence-corrected chi connectivity index (χ1v) is 10.7. The van der Waals surface area contributed by atoms with Gasteiger partial charge in [-0.2, -0.15) is 0 Å². The van der Waals surface area contributed by atoms with Crippen molar-refractivity contribution in [3.8, 4) is 5.75 Å². The normalized spacial score (nSPS) is 31.7. The molecule has 0 spiro atoms. The summed E-state index contributed by atoms with van der Waals surface area (Å²) in [5.74, 6) is -0.0324. The van der Waals surface area contributed by atoms with Crippen molar-refractivity contribution in [2.45, 2.75) is 69.9 Å². The topological polar surface area (TPSA) is 27.7 Å². The van der Waals surface area contributed by atoms with E-state index in [0.717, 1.165) is 56.4 Å². The van der Waals surface area contributed by atoms with Crippen LogP contribution in [0.25, 0.3) is 0 Å². The Kier molecular flexibility index (Phi) is 6.35. The number of rotatable bonds is 4. The lowest BCUT2D eigenvalue weighted by Crippen LogP contribution is -2.40. The van der Waals surface area contributed by atoms with E-state index in [0.29, 0.717) is 11.8 Å². The highest BCUT2D eigenvalue weighted by Gasteiger charge is 2.36. The summed E-state index contributed by atoms with van der Waals surface area (Å²) >= 11 is 0. The quantitative estimate of drug-likeness (QED) is 0.549. The Bertz CT molecular complexity index is 671. The molecule has 7 heteroatoms. The second-order valence-corrected chi connectivity index (χ2v) is 8.69. The molecule has 0 unspecified atom stereocenters. The zero-order chi connectivity index (χ0) is 20.4. The maximum atomic E-state index is 14.0. The fraction of sp³-hybridized carbons (Fsp3) is 0.727. The highest BCUT2D eigenvalue weighted by Crippen LogP contribution is 2.41. The summed E-state index contributed by atoms with van der Waals surface area (Å²) in [6.45, 7) is 1.56. The van der Waals surface area contributed by atoms with Crippen molar-refractivity contribution in [2.75, 3.05) is 13.2 Å². The van der Waals surface area contributed by atoms with Crippen molar-refractivity contribution >= 4 is 0 Å². The number of benzene rings is 1. The molecule has 0 N–H and O–H groups in total. The molecule has 3 fully saturated rings. The molecule has 0 radical (unpaired) electrons. The second kappa shape index (κ2) is 8.80. The van der Waals surface area contributed by atoms with Gasteiger partial charge in [0.15, 0.2) is 17.9 Å². The van der Waals surface area contributed by atoms with Gasteiger partial charge in [0, 0.05) is 11.8 Å². The van der Waals surface area contributed by atoms with Crippen LogP contribution in [0.1, 0.15) is 62.8 Å². The van der Waals surface area contributed by atoms with Crippen LogP contribution in [0.4, 0.5) is 17.6 Å². The minimum absolute atomic E-state index is 0.135. The zero-order valence-electron chi connectivity index (χ0n) is 16.4. The van der Waals surface area contributed by atoms with Crippen LogP contribution in [0.5, 0.6) is 5.75 Å². The standard InChI is InChI=1S/C22H28F4O3/c23-19-11-17(9-10-20(19)29-22(24,25)26)15-5-7-16(8-6-15)21-27-12-18(13-28-21)14-3-1-2-4-14/h9-11,14-16,18,21H,1-8,12-13H2/t15-,16-,18-,21-. The molecule has 0 aromatic heterocycles. The van der Waals surface area contributed by atoms with Crippen LogP contribution in [-0.4, -0.2) is 25.9 Å². The molecule has 1 saturated heterocycles. The van der Waals surface area contributed by atoms with Crippen molar-refractivity contribution in [1.82, 2.24) is 0 Å². The number of hydrogen-bond acceptors (Lipinski definition) is 3. The van der Waals surface area contributed by atoms with E-state index in [2.05, 4.69) is 4.74 Å². The van der Waals surface area contributed by atoms with Gasteiger partial charge in [0.2, 0.25) is 0 Å². The fourth-order valence-electron chi connectivity index (χ4n) is 5.21. The monoisotopic (exact) mass is 416 g/mol. The van der Waals surface area contributed by atoms with Crippen LogP contribution in [0.15, 0.2) is 18.2 Å². The maximum absolute atomic E-state index is 14.0. The third kappa shape index (κ3) is 5.23. The average molecular weight is 416 g/mol. The number of hydrogen-bond donors (Lipinski definition) is 0. The lowest BCUT2D eigenvalue weighted by Gasteiger charge is -2.39. The number of halogens is 4. The van der Waals surface area contributed by atoms with E-state index in [9.17, 15) is 17.6 Å². The van der Waals surface area contributed by atoms with E-state index in [4.69, 9.17) is 9.47 Å². The van der Waals surface area contributed by atoms with Gasteiger partial charge in [0.1, 0.15) is 0 Å². The van der Waals surface area contributed by atoms with Crippen LogP contribution in [-0.2, 0) is 9.47 Å². The fourth-order valence-corrected chi connectivity index (χ4v) is 5.21. The smallest absolute Gasteiger partial charge is 0.403 e. The molecule has 1 aliphatic heterocycles. The van der Waals surface area contributed by atoms with E-state index < -0.39 is 17.9 Å². The van der Waals surface area contributed by atoms with Gasteiger partial charge in [-0.1, -0.05) is 31.7 Å². The summed E-state index contributed by atoms with van der Waals surface area (Å²) in [6, 6.07) is 3.78. The van der Waals surface area contributed by atoms with Gasteiger partial charge in [-0.15, -0.1) is 13.2 Å². The van der Waals surface area contributed by atoms with Gasteiger partial charge in [-0.25, -0.2) is 4.39 Å². The zero-order valence-corrected chi connectivity index (χ0v) is 16.4. The summed E-state index contributed by atoms with van der Waals surface area (Å²) in [5.41, 5.74) is 0.724. The molecular formula is C22H28F4O3. The first-order valence-electron chi connectivity index (χ1n) is 10.7. The maximum Gasteiger partial charge on any atom is 0.573 e. The van der Waals surface area contributed by atoms with Crippen LogP contribution >= 0.6 is 0 Å². The molecule has 1 aromatic rings. The Balaban J connectivity index is 1.27. The van der Waals surface area contributed by atoms with Crippen LogP contribution in [0, 0.1) is 23.6 Å². The predicted octanol–water partition coefficient (Wildman–Crippen LogP) is 6.18. The van der Waals surface area contributed by atoms with Crippen molar-refractivity contribution in [2.24, 2.45) is 17.8 Å². The van der Waals surface area contributed by atoms with E-state index >= 15 is 0 Å². The number of ether oxygens (including phenoxy) is 3. The molecule has 3 aliphatic rings. The molecular weight excluding hydrogens is 388 g/mol. The highest BCUT2D eigenvalue weighted by molar-refractivity contribution is 5.31. The molecule has 0 atom stereocenters. The highest BCUT2D eigenvalue weighted by atomic mass is 19.4. The van der Waals surface area contributed by atoms with Gasteiger partial charge in [-0.3, -0.25) is 0 Å². The van der Waals surface area contributed by atoms with E-state index in [1.54, 1.807) is 0 Å². The molecule has 0 bridgehead atoms. The molecule has 0 amide bonds. The molecule has 1 heterocycles. The lowest BCUT2D eigenvalue weighted by atomic mass is 9.78. The third-order valence-corrected chi connectivity index (χ3v) is 6.83. The van der Waals surface area contributed by atoms with Crippen LogP contribution in [0.2, 0.25) is 0 Å². The predicted molar refractivity (Wildman–Crippen MR) is 98.9 cm³/mol. The molecule has 4 rings (SSSR count). The van der Waals surface area contributed by atoms with Gasteiger partial charge < -0.3 is 14.2 Å². The minimum Gasteiger partial charge on any atom is -0.403 e. The van der Waals surface area contributed by atoms with Crippen LogP contribution < -0.4 is 4.74 Å². The first-order chi connectivity index (χ1) is 13.9. The van der Waals surface area contributed by atoms with Crippen molar-refractivity contribution in [3.05, 3.63) is 29.6 Å². The Morgan fingerprint density at radius 3 is 2.07 bits per heavy atom. The van der Waals surface area contributed by atoms with Crippen molar-refractivity contribution in [1.29, 1.82) is 0 Å². The van der Waals surface area contributed by atoms with Gasteiger partial charge in [0.05, 0.1) is 13.2 Å². The minimum atomic E-state index is -4.89. The third-order valence-electron chi connectivity index (χ3n) is 6.83. The Hall–Kier alpha value is -1.34. The molecule has 29 heavy (non-hydrogen) atoms. The molecule has 1 aromatic carbocycles. The largest absolute Gasteiger partial charge is 0.573 e. The van der Waals surface area contributed by atoms with Gasteiger partial charge >= 0.3 is 6.36 Å². The summed E-state index contributed by atoms with van der Waals surface area (Å²) in [7, 11) is 0. The molecule has 2 saturated carbocycles.